The SMILES string of the molecule is Cc1ccc(C)c2[nH]c(=O)c(CCNC(=O)C(=O)c3cn(CC(=O)N4CCOCC4)c4ccccc34)cc12. The summed E-state index contributed by atoms with van der Waals surface area (Å²) in [6.07, 6.45) is 1.86. The molecule has 9 nitrogen and oxygen atoms in total. The molecular weight excluding hydrogens is 484 g/mol. The largest absolute Gasteiger partial charge is 0.378 e. The molecule has 196 valence electrons. The first-order valence-electron chi connectivity index (χ1n) is 12.7. The van der Waals surface area contributed by atoms with Crippen LogP contribution in [0, 0.1) is 13.8 Å². The van der Waals surface area contributed by atoms with E-state index < -0.39 is 11.7 Å². The molecule has 0 bridgehead atoms. The lowest BCUT2D eigenvalue weighted by atomic mass is 10.0. The number of rotatable bonds is 7. The molecule has 3 heterocycles. The Balaban J connectivity index is 1.29. The van der Waals surface area contributed by atoms with Crippen molar-refractivity contribution in [2.45, 2.75) is 26.8 Å². The van der Waals surface area contributed by atoms with Crippen molar-refractivity contribution in [2.24, 2.45) is 0 Å². The normalized spacial score (nSPS) is 13.7. The van der Waals surface area contributed by atoms with Gasteiger partial charge in [0.25, 0.3) is 17.2 Å². The molecular formula is C29H30N4O5. The number of nitrogens with zero attached hydrogens (tertiary/aromatic N) is 2. The van der Waals surface area contributed by atoms with E-state index in [1.165, 1.54) is 0 Å². The molecule has 0 atom stereocenters. The van der Waals surface area contributed by atoms with Gasteiger partial charge in [0.2, 0.25) is 5.91 Å². The maximum Gasteiger partial charge on any atom is 0.292 e. The van der Waals surface area contributed by atoms with Gasteiger partial charge in [-0.2, -0.15) is 0 Å². The van der Waals surface area contributed by atoms with Crippen molar-refractivity contribution >= 4 is 39.4 Å². The summed E-state index contributed by atoms with van der Waals surface area (Å²) >= 11 is 0. The first-order chi connectivity index (χ1) is 18.3. The summed E-state index contributed by atoms with van der Waals surface area (Å²) in [5, 5.41) is 4.23. The highest BCUT2D eigenvalue weighted by Gasteiger charge is 2.23. The van der Waals surface area contributed by atoms with Crippen molar-refractivity contribution < 1.29 is 19.1 Å². The van der Waals surface area contributed by atoms with Crippen molar-refractivity contribution in [2.75, 3.05) is 32.8 Å². The molecule has 5 rings (SSSR count). The molecule has 1 aliphatic heterocycles. The average Bonchev–Trinajstić information content (AvgIpc) is 3.29. The summed E-state index contributed by atoms with van der Waals surface area (Å²) in [5.41, 5.74) is 4.12. The van der Waals surface area contributed by atoms with Crippen LogP contribution in [0.5, 0.6) is 0 Å². The molecule has 0 radical (unpaired) electrons. The Morgan fingerprint density at radius 3 is 2.53 bits per heavy atom. The molecule has 1 fully saturated rings. The molecule has 38 heavy (non-hydrogen) atoms. The zero-order chi connectivity index (χ0) is 26.8. The second kappa shape index (κ2) is 10.6. The van der Waals surface area contributed by atoms with E-state index in [4.69, 9.17) is 4.74 Å². The Morgan fingerprint density at radius 2 is 1.74 bits per heavy atom. The predicted octanol–water partition coefficient (Wildman–Crippen LogP) is 2.50. The zero-order valence-electron chi connectivity index (χ0n) is 21.5. The first-order valence-corrected chi connectivity index (χ1v) is 12.7. The molecule has 0 saturated carbocycles. The van der Waals surface area contributed by atoms with Crippen LogP contribution in [0.2, 0.25) is 0 Å². The number of carbonyl (C=O) groups is 3. The molecule has 2 N–H and O–H groups in total. The van der Waals surface area contributed by atoms with E-state index in [1.54, 1.807) is 27.8 Å². The number of ketones is 1. The molecule has 1 saturated heterocycles. The van der Waals surface area contributed by atoms with E-state index in [-0.39, 0.29) is 36.5 Å². The molecule has 2 aromatic heterocycles. The lowest BCUT2D eigenvalue weighted by Gasteiger charge is -2.27. The number of amides is 2. The van der Waals surface area contributed by atoms with Gasteiger partial charge in [-0.1, -0.05) is 30.3 Å². The van der Waals surface area contributed by atoms with Crippen LogP contribution in [0.1, 0.15) is 27.0 Å². The van der Waals surface area contributed by atoms with Gasteiger partial charge in [-0.05, 0) is 43.5 Å². The van der Waals surface area contributed by atoms with E-state index in [2.05, 4.69) is 10.3 Å². The lowest BCUT2D eigenvalue weighted by molar-refractivity contribution is -0.135. The van der Waals surface area contributed by atoms with E-state index in [9.17, 15) is 19.2 Å². The maximum atomic E-state index is 13.1. The van der Waals surface area contributed by atoms with Gasteiger partial charge < -0.3 is 24.5 Å². The highest BCUT2D eigenvalue weighted by Crippen LogP contribution is 2.23. The van der Waals surface area contributed by atoms with Crippen molar-refractivity contribution in [1.82, 2.24) is 19.8 Å². The first kappa shape index (κ1) is 25.4. The number of aromatic amines is 1. The number of pyridine rings is 1. The number of aromatic nitrogens is 2. The van der Waals surface area contributed by atoms with Gasteiger partial charge in [0.05, 0.1) is 24.3 Å². The Kier molecular flexibility index (Phi) is 7.11. The van der Waals surface area contributed by atoms with Crippen LogP contribution in [-0.2, 0) is 27.3 Å². The summed E-state index contributed by atoms with van der Waals surface area (Å²) in [5.74, 6) is -1.50. The summed E-state index contributed by atoms with van der Waals surface area (Å²) in [6, 6.07) is 13.0. The second-order valence-corrected chi connectivity index (χ2v) is 9.63. The summed E-state index contributed by atoms with van der Waals surface area (Å²) < 4.78 is 7.03. The molecule has 9 heteroatoms. The smallest absolute Gasteiger partial charge is 0.292 e. The van der Waals surface area contributed by atoms with Gasteiger partial charge in [-0.15, -0.1) is 0 Å². The van der Waals surface area contributed by atoms with Crippen molar-refractivity contribution in [1.29, 1.82) is 0 Å². The van der Waals surface area contributed by atoms with E-state index in [1.807, 2.05) is 44.2 Å². The van der Waals surface area contributed by atoms with E-state index in [0.29, 0.717) is 42.8 Å². The molecule has 2 aromatic carbocycles. The number of Topliss-reactive ketones (excluding diaryl/α,β-unsaturated/α-hetero) is 1. The van der Waals surface area contributed by atoms with Crippen molar-refractivity contribution in [3.63, 3.8) is 0 Å². The standard InChI is InChI=1S/C29H30N4O5/c1-18-7-8-19(2)26-22(18)15-20(28(36)31-26)9-10-30-29(37)27(35)23-16-33(24-6-4-3-5-21(23)24)17-25(34)32-11-13-38-14-12-32/h3-8,15-16H,9-14,17H2,1-2H3,(H,30,37)(H,31,36). The van der Waals surface area contributed by atoms with Crippen LogP contribution in [-0.4, -0.2) is 64.9 Å². The summed E-state index contributed by atoms with van der Waals surface area (Å²) in [6.45, 7) is 6.21. The molecule has 4 aromatic rings. The van der Waals surface area contributed by atoms with Crippen LogP contribution < -0.4 is 10.9 Å². The Morgan fingerprint density at radius 1 is 1.00 bits per heavy atom. The van der Waals surface area contributed by atoms with Gasteiger partial charge in [0.15, 0.2) is 0 Å². The predicted molar refractivity (Wildman–Crippen MR) is 144 cm³/mol. The third-order valence-corrected chi connectivity index (χ3v) is 7.11. The summed E-state index contributed by atoms with van der Waals surface area (Å²) in [7, 11) is 0. The van der Waals surface area contributed by atoms with Crippen LogP contribution in [0.15, 0.2) is 53.5 Å². The number of benzene rings is 2. The fourth-order valence-electron chi connectivity index (χ4n) is 4.93. The third-order valence-electron chi connectivity index (χ3n) is 7.11. The fraction of sp³-hybridized carbons (Fsp3) is 0.310. The molecule has 2 amide bonds. The van der Waals surface area contributed by atoms with Crippen LogP contribution >= 0.6 is 0 Å². The number of hydrogen-bond acceptors (Lipinski definition) is 5. The average molecular weight is 515 g/mol. The second-order valence-electron chi connectivity index (χ2n) is 9.63. The number of H-pyrrole nitrogens is 1. The Hall–Kier alpha value is -4.24. The van der Waals surface area contributed by atoms with Gasteiger partial charge in [0, 0.05) is 47.7 Å². The van der Waals surface area contributed by atoms with Gasteiger partial charge >= 0.3 is 0 Å². The number of hydrogen-bond donors (Lipinski definition) is 2. The number of aryl methyl sites for hydroxylation is 2. The minimum absolute atomic E-state index is 0.0662. The minimum Gasteiger partial charge on any atom is -0.378 e. The van der Waals surface area contributed by atoms with Gasteiger partial charge in [0.1, 0.15) is 6.54 Å². The number of ether oxygens (including phenoxy) is 1. The van der Waals surface area contributed by atoms with Crippen molar-refractivity contribution in [3.8, 4) is 0 Å². The summed E-state index contributed by atoms with van der Waals surface area (Å²) in [4.78, 5) is 56.0. The highest BCUT2D eigenvalue weighted by molar-refractivity contribution is 6.45. The minimum atomic E-state index is -0.753. The van der Waals surface area contributed by atoms with E-state index in [0.717, 1.165) is 22.0 Å². The van der Waals surface area contributed by atoms with Crippen LogP contribution in [0.4, 0.5) is 0 Å². The Labute approximate surface area is 219 Å². The quantitative estimate of drug-likeness (QED) is 0.291. The number of morpholine rings is 1. The lowest BCUT2D eigenvalue weighted by Crippen LogP contribution is -2.42. The van der Waals surface area contributed by atoms with E-state index >= 15 is 0 Å². The third kappa shape index (κ3) is 4.97. The number of nitrogens with one attached hydrogen (secondary N) is 2. The number of fused-ring (bicyclic) bond motifs is 2. The maximum absolute atomic E-state index is 13.1. The van der Waals surface area contributed by atoms with Crippen LogP contribution in [0.3, 0.4) is 0 Å². The molecule has 0 aliphatic carbocycles. The van der Waals surface area contributed by atoms with Gasteiger partial charge in [-0.3, -0.25) is 19.2 Å². The van der Waals surface area contributed by atoms with Crippen molar-refractivity contribution in [3.05, 3.63) is 81.3 Å². The molecule has 0 spiro atoms. The van der Waals surface area contributed by atoms with Gasteiger partial charge in [-0.25, -0.2) is 0 Å². The zero-order valence-corrected chi connectivity index (χ0v) is 21.5. The Bertz CT molecular complexity index is 1610. The molecule has 1 aliphatic rings. The monoisotopic (exact) mass is 514 g/mol. The molecule has 0 unspecified atom stereocenters. The fourth-order valence-corrected chi connectivity index (χ4v) is 4.93. The number of carbonyl (C=O) groups excluding carboxylic acids is 3. The number of para-hydroxylation sites is 1. The topological polar surface area (TPSA) is 114 Å². The van der Waals surface area contributed by atoms with Crippen LogP contribution in [0.25, 0.3) is 21.8 Å². The highest BCUT2D eigenvalue weighted by atomic mass is 16.5.